The van der Waals surface area contributed by atoms with E-state index in [2.05, 4.69) is 29.9 Å². The molecule has 5 nitrogen and oxygen atoms in total. The normalized spacial score (nSPS) is 11.3. The molecule has 1 unspecified atom stereocenters. The highest BCUT2D eigenvalue weighted by Crippen LogP contribution is 2.20. The van der Waals surface area contributed by atoms with Gasteiger partial charge in [0.1, 0.15) is 0 Å². The molecule has 0 heterocycles. The molecule has 0 aliphatic rings. The number of hydrogen-bond donors (Lipinski definition) is 2. The Bertz CT molecular complexity index is 249. The van der Waals surface area contributed by atoms with Gasteiger partial charge in [-0.25, -0.2) is 4.79 Å². The third-order valence-corrected chi connectivity index (χ3v) is 3.02. The van der Waals surface area contributed by atoms with Crippen LogP contribution in [-0.4, -0.2) is 49.7 Å². The van der Waals surface area contributed by atoms with Gasteiger partial charge in [0.25, 0.3) is 0 Å². The van der Waals surface area contributed by atoms with E-state index in [9.17, 15) is 4.79 Å². The molecule has 126 valence electrons. The Morgan fingerprint density at radius 3 is 2.14 bits per heavy atom. The number of carbonyl (C=O) groups excluding carboxylic acids is 1. The summed E-state index contributed by atoms with van der Waals surface area (Å²) in [5, 5.41) is 16.2. The molecule has 0 rings (SSSR count). The van der Waals surface area contributed by atoms with Crippen LogP contribution in [-0.2, 0) is 14.3 Å². The van der Waals surface area contributed by atoms with Gasteiger partial charge in [-0.1, -0.05) is 46.1 Å². The summed E-state index contributed by atoms with van der Waals surface area (Å²) < 4.78 is 9.26. The van der Waals surface area contributed by atoms with E-state index >= 15 is 0 Å². The zero-order valence-corrected chi connectivity index (χ0v) is 13.8. The van der Waals surface area contributed by atoms with Crippen LogP contribution in [0.4, 0.5) is 0 Å². The van der Waals surface area contributed by atoms with Crippen LogP contribution in [0, 0.1) is 5.92 Å². The van der Waals surface area contributed by atoms with Crippen LogP contribution in [0.1, 0.15) is 46.0 Å². The third-order valence-electron chi connectivity index (χ3n) is 3.02. The van der Waals surface area contributed by atoms with Crippen LogP contribution in [0.2, 0.25) is 0 Å². The number of rotatable bonds is 11. The Morgan fingerprint density at radius 1 is 1.19 bits per heavy atom. The number of aliphatic hydroxyl groups is 2. The van der Waals surface area contributed by atoms with E-state index in [-0.39, 0.29) is 19.2 Å². The fourth-order valence-electron chi connectivity index (χ4n) is 1.75. The lowest BCUT2D eigenvalue weighted by molar-refractivity contribution is -0.136. The minimum absolute atomic E-state index is 0.0278. The molecule has 0 aromatic carbocycles. The summed E-state index contributed by atoms with van der Waals surface area (Å²) in [5.74, 6) is 0.321. The highest BCUT2D eigenvalue weighted by atomic mass is 16.5. The Hall–Kier alpha value is -0.910. The van der Waals surface area contributed by atoms with Gasteiger partial charge in [-0.2, -0.15) is 0 Å². The van der Waals surface area contributed by atoms with Gasteiger partial charge in [-0.05, 0) is 12.3 Å². The van der Waals surface area contributed by atoms with Crippen molar-refractivity contribution >= 4 is 5.97 Å². The first-order valence-corrected chi connectivity index (χ1v) is 7.62. The SMILES string of the molecule is C=C(CC(CC)CCCC)C(=O)OC.OCCOCCO. The molecule has 0 spiro atoms. The van der Waals surface area contributed by atoms with E-state index < -0.39 is 0 Å². The summed E-state index contributed by atoms with van der Waals surface area (Å²) in [7, 11) is 1.40. The second kappa shape index (κ2) is 17.1. The van der Waals surface area contributed by atoms with Crippen LogP contribution < -0.4 is 0 Å². The van der Waals surface area contributed by atoms with Crippen molar-refractivity contribution in [1.29, 1.82) is 0 Å². The van der Waals surface area contributed by atoms with Gasteiger partial charge in [-0.3, -0.25) is 0 Å². The van der Waals surface area contributed by atoms with Gasteiger partial charge in [0.2, 0.25) is 0 Å². The van der Waals surface area contributed by atoms with E-state index in [1.807, 2.05) is 0 Å². The molecular formula is C16H32O5. The van der Waals surface area contributed by atoms with Crippen molar-refractivity contribution in [3.63, 3.8) is 0 Å². The van der Waals surface area contributed by atoms with E-state index in [4.69, 9.17) is 10.2 Å². The van der Waals surface area contributed by atoms with Gasteiger partial charge in [0.15, 0.2) is 0 Å². The van der Waals surface area contributed by atoms with Crippen LogP contribution in [0.3, 0.4) is 0 Å². The van der Waals surface area contributed by atoms with Gasteiger partial charge in [0.05, 0.1) is 33.5 Å². The zero-order chi connectivity index (χ0) is 16.5. The molecular weight excluding hydrogens is 272 g/mol. The number of aliphatic hydroxyl groups excluding tert-OH is 2. The summed E-state index contributed by atoms with van der Waals surface area (Å²) in [6, 6.07) is 0. The molecule has 21 heavy (non-hydrogen) atoms. The Kier molecular flexibility index (Phi) is 18.3. The first-order valence-electron chi connectivity index (χ1n) is 7.62. The summed E-state index contributed by atoms with van der Waals surface area (Å²) in [5.41, 5.74) is 0.607. The largest absolute Gasteiger partial charge is 0.466 e. The quantitative estimate of drug-likeness (QED) is 0.348. The fourth-order valence-corrected chi connectivity index (χ4v) is 1.75. The number of ether oxygens (including phenoxy) is 2. The highest BCUT2D eigenvalue weighted by molar-refractivity contribution is 5.87. The van der Waals surface area contributed by atoms with E-state index in [0.717, 1.165) is 12.8 Å². The van der Waals surface area contributed by atoms with Crippen LogP contribution >= 0.6 is 0 Å². The average molecular weight is 304 g/mol. The molecule has 5 heteroatoms. The number of hydrogen-bond acceptors (Lipinski definition) is 5. The number of carbonyl (C=O) groups is 1. The standard InChI is InChI=1S/C12H22O2.C4H10O3/c1-5-7-8-11(6-2)9-10(3)12(13)14-4;5-1-3-7-4-2-6/h11H,3,5-9H2,1-2,4H3;5-6H,1-4H2. The average Bonchev–Trinajstić information content (AvgIpc) is 2.51. The smallest absolute Gasteiger partial charge is 0.333 e. The van der Waals surface area contributed by atoms with Crippen molar-refractivity contribution in [3.8, 4) is 0 Å². The lowest BCUT2D eigenvalue weighted by Crippen LogP contribution is -2.09. The molecule has 0 fully saturated rings. The summed E-state index contributed by atoms with van der Waals surface area (Å²) >= 11 is 0. The zero-order valence-electron chi connectivity index (χ0n) is 13.8. The molecule has 0 aliphatic carbocycles. The number of esters is 1. The summed E-state index contributed by atoms with van der Waals surface area (Å²) in [6.45, 7) is 8.78. The number of methoxy groups -OCH3 is 1. The molecule has 0 saturated carbocycles. The summed E-state index contributed by atoms with van der Waals surface area (Å²) in [6.07, 6.45) is 5.51. The molecule has 0 bridgehead atoms. The molecule has 0 radical (unpaired) electrons. The molecule has 0 aromatic rings. The Morgan fingerprint density at radius 2 is 1.76 bits per heavy atom. The van der Waals surface area contributed by atoms with Gasteiger partial charge in [-0.15, -0.1) is 0 Å². The minimum Gasteiger partial charge on any atom is -0.466 e. The second-order valence-electron chi connectivity index (χ2n) is 4.78. The van der Waals surface area contributed by atoms with Crippen molar-refractivity contribution in [2.24, 2.45) is 5.92 Å². The monoisotopic (exact) mass is 304 g/mol. The van der Waals surface area contributed by atoms with Crippen LogP contribution in [0.15, 0.2) is 12.2 Å². The van der Waals surface area contributed by atoms with Crippen molar-refractivity contribution in [2.75, 3.05) is 33.5 Å². The van der Waals surface area contributed by atoms with E-state index in [1.165, 1.54) is 26.4 Å². The maximum absolute atomic E-state index is 11.1. The van der Waals surface area contributed by atoms with Crippen molar-refractivity contribution in [1.82, 2.24) is 0 Å². The van der Waals surface area contributed by atoms with E-state index in [0.29, 0.717) is 24.7 Å². The molecule has 0 aliphatic heterocycles. The molecule has 0 amide bonds. The lowest BCUT2D eigenvalue weighted by atomic mass is 9.92. The first kappa shape index (κ1) is 22.4. The van der Waals surface area contributed by atoms with E-state index in [1.54, 1.807) is 0 Å². The lowest BCUT2D eigenvalue weighted by Gasteiger charge is -2.14. The fraction of sp³-hybridized carbons (Fsp3) is 0.812. The van der Waals surface area contributed by atoms with Crippen LogP contribution in [0.25, 0.3) is 0 Å². The summed E-state index contributed by atoms with van der Waals surface area (Å²) in [4.78, 5) is 11.1. The topological polar surface area (TPSA) is 76.0 Å². The van der Waals surface area contributed by atoms with Gasteiger partial charge >= 0.3 is 5.97 Å². The van der Waals surface area contributed by atoms with Crippen molar-refractivity contribution in [3.05, 3.63) is 12.2 Å². The minimum atomic E-state index is -0.264. The highest BCUT2D eigenvalue weighted by Gasteiger charge is 2.13. The maximum Gasteiger partial charge on any atom is 0.333 e. The first-order chi connectivity index (χ1) is 10.1. The second-order valence-corrected chi connectivity index (χ2v) is 4.78. The number of unbranched alkanes of at least 4 members (excludes halogenated alkanes) is 1. The molecule has 0 saturated heterocycles. The van der Waals surface area contributed by atoms with Gasteiger partial charge in [0, 0.05) is 5.57 Å². The van der Waals surface area contributed by atoms with Gasteiger partial charge < -0.3 is 19.7 Å². The van der Waals surface area contributed by atoms with Crippen molar-refractivity contribution in [2.45, 2.75) is 46.0 Å². The Balaban J connectivity index is 0. The molecule has 0 aromatic heterocycles. The van der Waals surface area contributed by atoms with Crippen molar-refractivity contribution < 1.29 is 24.5 Å². The van der Waals surface area contributed by atoms with Crippen LogP contribution in [0.5, 0.6) is 0 Å². The maximum atomic E-state index is 11.1. The third kappa shape index (κ3) is 15.3. The molecule has 2 N–H and O–H groups in total. The predicted octanol–water partition coefficient (Wildman–Crippen LogP) is 2.31. The molecule has 1 atom stereocenters. The predicted molar refractivity (Wildman–Crippen MR) is 84.1 cm³/mol. The Labute approximate surface area is 129 Å².